The molecule has 0 radical (unpaired) electrons. The number of amides is 1. The molecule has 0 N–H and O–H groups in total. The van der Waals surface area contributed by atoms with E-state index in [1.54, 1.807) is 23.4 Å². The number of nitrogens with zero attached hydrogens (tertiary/aromatic N) is 3. The van der Waals surface area contributed by atoms with Crippen LogP contribution in [0.25, 0.3) is 11.0 Å². The topological polar surface area (TPSA) is 46.1 Å². The van der Waals surface area contributed by atoms with Crippen LogP contribution in [0.2, 0.25) is 0 Å². The first-order chi connectivity index (χ1) is 9.72. The molecule has 0 aliphatic carbocycles. The van der Waals surface area contributed by atoms with E-state index >= 15 is 0 Å². The largest absolute Gasteiger partial charge is 0.342 e. The second-order valence-corrected chi connectivity index (χ2v) is 5.53. The zero-order chi connectivity index (χ0) is 14.4. The maximum atomic E-state index is 12.3. The third-order valence-electron chi connectivity index (χ3n) is 3.19. The number of halogens is 1. The number of alkyl halides is 1. The van der Waals surface area contributed by atoms with Gasteiger partial charge in [0.2, 0.25) is 0 Å². The minimum absolute atomic E-state index is 0.0383. The van der Waals surface area contributed by atoms with Gasteiger partial charge in [-0.15, -0.1) is 0 Å². The van der Waals surface area contributed by atoms with Crippen LogP contribution in [0.15, 0.2) is 30.6 Å². The molecular formula is C15H18BrN3O. The lowest BCUT2D eigenvalue weighted by atomic mass is 10.1. The van der Waals surface area contributed by atoms with Gasteiger partial charge in [0.05, 0.1) is 11.0 Å². The van der Waals surface area contributed by atoms with Crippen molar-refractivity contribution in [2.24, 2.45) is 0 Å². The monoisotopic (exact) mass is 335 g/mol. The number of rotatable bonds is 6. The normalized spacial score (nSPS) is 10.7. The molecule has 1 heterocycles. The summed E-state index contributed by atoms with van der Waals surface area (Å²) in [5.41, 5.74) is 2.23. The number of hydrogen-bond acceptors (Lipinski definition) is 3. The van der Waals surface area contributed by atoms with Crippen LogP contribution >= 0.6 is 15.9 Å². The number of benzene rings is 1. The summed E-state index contributed by atoms with van der Waals surface area (Å²) in [6, 6.07) is 5.46. The molecule has 0 spiro atoms. The number of carbonyl (C=O) groups is 1. The molecule has 0 aliphatic heterocycles. The van der Waals surface area contributed by atoms with Crippen molar-refractivity contribution in [1.29, 1.82) is 0 Å². The molecule has 1 aromatic heterocycles. The first-order valence-electron chi connectivity index (χ1n) is 6.74. The highest BCUT2D eigenvalue weighted by Gasteiger charge is 2.12. The Bertz CT molecular complexity index is 588. The summed E-state index contributed by atoms with van der Waals surface area (Å²) < 4.78 is 0. The smallest absolute Gasteiger partial charge is 0.253 e. The fourth-order valence-corrected chi connectivity index (χ4v) is 2.43. The van der Waals surface area contributed by atoms with Crippen molar-refractivity contribution in [3.63, 3.8) is 0 Å². The Kier molecular flexibility index (Phi) is 5.47. The highest BCUT2D eigenvalue weighted by molar-refractivity contribution is 9.09. The van der Waals surface area contributed by atoms with Gasteiger partial charge in [-0.25, -0.2) is 0 Å². The van der Waals surface area contributed by atoms with Gasteiger partial charge in [-0.2, -0.15) is 0 Å². The molecule has 106 valence electrons. The predicted molar refractivity (Wildman–Crippen MR) is 84.1 cm³/mol. The first kappa shape index (κ1) is 14.9. The Morgan fingerprint density at radius 2 is 1.90 bits per heavy atom. The summed E-state index contributed by atoms with van der Waals surface area (Å²) >= 11 is 3.41. The van der Waals surface area contributed by atoms with E-state index in [4.69, 9.17) is 0 Å². The number of carbonyl (C=O) groups excluding carboxylic acids is 1. The molecule has 0 saturated carbocycles. The molecule has 0 saturated heterocycles. The summed E-state index contributed by atoms with van der Waals surface area (Å²) in [6.45, 7) is 0.782. The summed E-state index contributed by atoms with van der Waals surface area (Å²) in [7, 11) is 1.84. The molecule has 5 heteroatoms. The van der Waals surface area contributed by atoms with Crippen molar-refractivity contribution < 1.29 is 4.79 Å². The molecule has 20 heavy (non-hydrogen) atoms. The molecular weight excluding hydrogens is 318 g/mol. The Morgan fingerprint density at radius 1 is 1.15 bits per heavy atom. The summed E-state index contributed by atoms with van der Waals surface area (Å²) in [4.78, 5) is 22.5. The van der Waals surface area contributed by atoms with E-state index in [-0.39, 0.29) is 5.91 Å². The quantitative estimate of drug-likeness (QED) is 0.601. The third kappa shape index (κ3) is 3.76. The van der Waals surface area contributed by atoms with Gasteiger partial charge in [0.25, 0.3) is 5.91 Å². The minimum Gasteiger partial charge on any atom is -0.342 e. The van der Waals surface area contributed by atoms with Crippen LogP contribution < -0.4 is 0 Å². The average molecular weight is 336 g/mol. The lowest BCUT2D eigenvalue weighted by Gasteiger charge is -2.17. The van der Waals surface area contributed by atoms with Crippen LogP contribution in [-0.2, 0) is 0 Å². The SMILES string of the molecule is CN(CCCCCBr)C(=O)c1ccc2nccnc2c1. The molecule has 1 aromatic carbocycles. The number of unbranched alkanes of at least 4 members (excludes halogenated alkanes) is 2. The van der Waals surface area contributed by atoms with Crippen molar-refractivity contribution in [3.05, 3.63) is 36.2 Å². The summed E-state index contributed by atoms with van der Waals surface area (Å²) in [5, 5.41) is 1.02. The van der Waals surface area contributed by atoms with Gasteiger partial charge in [-0.3, -0.25) is 14.8 Å². The van der Waals surface area contributed by atoms with Crippen molar-refractivity contribution in [2.45, 2.75) is 19.3 Å². The molecule has 0 unspecified atom stereocenters. The molecule has 1 amide bonds. The highest BCUT2D eigenvalue weighted by Crippen LogP contribution is 2.13. The van der Waals surface area contributed by atoms with Crippen LogP contribution in [0.1, 0.15) is 29.6 Å². The second kappa shape index (κ2) is 7.33. The van der Waals surface area contributed by atoms with E-state index in [0.717, 1.165) is 42.2 Å². The van der Waals surface area contributed by atoms with Gasteiger partial charge >= 0.3 is 0 Å². The Hall–Kier alpha value is -1.49. The molecule has 2 rings (SSSR count). The van der Waals surface area contributed by atoms with E-state index in [1.807, 2.05) is 19.2 Å². The molecule has 4 nitrogen and oxygen atoms in total. The maximum Gasteiger partial charge on any atom is 0.253 e. The van der Waals surface area contributed by atoms with Crippen molar-refractivity contribution >= 4 is 32.9 Å². The van der Waals surface area contributed by atoms with E-state index < -0.39 is 0 Å². The van der Waals surface area contributed by atoms with Crippen molar-refractivity contribution in [1.82, 2.24) is 14.9 Å². The predicted octanol–water partition coefficient (Wildman–Crippen LogP) is 3.27. The van der Waals surface area contributed by atoms with Gasteiger partial charge in [-0.1, -0.05) is 22.4 Å². The Morgan fingerprint density at radius 3 is 2.65 bits per heavy atom. The number of aromatic nitrogens is 2. The lowest BCUT2D eigenvalue weighted by molar-refractivity contribution is 0.0793. The first-order valence-corrected chi connectivity index (χ1v) is 7.86. The summed E-state index contributed by atoms with van der Waals surface area (Å²) in [5.74, 6) is 0.0383. The van der Waals surface area contributed by atoms with Crippen LogP contribution in [0.4, 0.5) is 0 Å². The molecule has 2 aromatic rings. The number of hydrogen-bond donors (Lipinski definition) is 0. The fourth-order valence-electron chi connectivity index (χ4n) is 2.04. The second-order valence-electron chi connectivity index (χ2n) is 4.74. The van der Waals surface area contributed by atoms with E-state index in [1.165, 1.54) is 0 Å². The maximum absolute atomic E-state index is 12.3. The highest BCUT2D eigenvalue weighted by atomic mass is 79.9. The van der Waals surface area contributed by atoms with Crippen molar-refractivity contribution in [2.75, 3.05) is 18.9 Å². The molecule has 0 bridgehead atoms. The van der Waals surface area contributed by atoms with Gasteiger partial charge < -0.3 is 4.90 Å². The van der Waals surface area contributed by atoms with Crippen LogP contribution in [0.5, 0.6) is 0 Å². The van der Waals surface area contributed by atoms with Crippen LogP contribution in [-0.4, -0.2) is 39.7 Å². The van der Waals surface area contributed by atoms with Gasteiger partial charge in [-0.05, 0) is 31.0 Å². The Labute approximate surface area is 127 Å². The van der Waals surface area contributed by atoms with Crippen molar-refractivity contribution in [3.8, 4) is 0 Å². The zero-order valence-corrected chi connectivity index (χ0v) is 13.1. The third-order valence-corrected chi connectivity index (χ3v) is 3.75. The number of fused-ring (bicyclic) bond motifs is 1. The molecule has 0 fully saturated rings. The van der Waals surface area contributed by atoms with Crippen LogP contribution in [0, 0.1) is 0 Å². The molecule has 0 atom stereocenters. The fraction of sp³-hybridized carbons (Fsp3) is 0.400. The van der Waals surface area contributed by atoms with E-state index in [9.17, 15) is 4.79 Å². The lowest BCUT2D eigenvalue weighted by Crippen LogP contribution is -2.27. The van der Waals surface area contributed by atoms with E-state index in [2.05, 4.69) is 25.9 Å². The standard InChI is InChI=1S/C15H18BrN3O/c1-19(10-4-2-3-7-16)15(20)12-5-6-13-14(11-12)18-9-8-17-13/h5-6,8-9,11H,2-4,7,10H2,1H3. The average Bonchev–Trinajstić information content (AvgIpc) is 2.50. The Balaban J connectivity index is 2.02. The van der Waals surface area contributed by atoms with Gasteiger partial charge in [0.15, 0.2) is 0 Å². The van der Waals surface area contributed by atoms with Crippen LogP contribution in [0.3, 0.4) is 0 Å². The summed E-state index contributed by atoms with van der Waals surface area (Å²) in [6.07, 6.45) is 6.60. The zero-order valence-electron chi connectivity index (χ0n) is 11.6. The molecule has 0 aliphatic rings. The minimum atomic E-state index is 0.0383. The van der Waals surface area contributed by atoms with Gasteiger partial charge in [0.1, 0.15) is 0 Å². The van der Waals surface area contributed by atoms with E-state index in [0.29, 0.717) is 5.56 Å². The van der Waals surface area contributed by atoms with Gasteiger partial charge in [0, 0.05) is 36.9 Å².